The predicted molar refractivity (Wildman–Crippen MR) is 106 cm³/mol. The lowest BCUT2D eigenvalue weighted by Crippen LogP contribution is -2.15. The molecule has 0 aliphatic heterocycles. The van der Waals surface area contributed by atoms with Gasteiger partial charge in [0.2, 0.25) is 0 Å². The molecule has 6 nitrogen and oxygen atoms in total. The zero-order valence-corrected chi connectivity index (χ0v) is 16.4. The Kier molecular flexibility index (Phi) is 5.56. The number of hydrogen-bond acceptors (Lipinski definition) is 4. The highest BCUT2D eigenvalue weighted by Crippen LogP contribution is 2.20. The Hall–Kier alpha value is -3.06. The minimum Gasteiger partial charge on any atom is -0.489 e. The van der Waals surface area contributed by atoms with E-state index < -0.39 is 21.6 Å². The van der Waals surface area contributed by atoms with Gasteiger partial charge in [0.05, 0.1) is 4.90 Å². The number of aryl methyl sites for hydroxylation is 2. The van der Waals surface area contributed by atoms with E-state index in [0.29, 0.717) is 12.4 Å². The molecule has 3 rings (SSSR count). The molecule has 0 fully saturated rings. The summed E-state index contributed by atoms with van der Waals surface area (Å²) >= 11 is 0. The second-order valence-electron chi connectivity index (χ2n) is 6.53. The third kappa shape index (κ3) is 4.43. The molecule has 3 aromatic rings. The monoisotopic (exact) mass is 399 g/mol. The van der Waals surface area contributed by atoms with Crippen LogP contribution in [0.1, 0.15) is 17.0 Å². The average Bonchev–Trinajstić information content (AvgIpc) is 2.98. The van der Waals surface area contributed by atoms with Crippen LogP contribution in [-0.4, -0.2) is 29.8 Å². The molecule has 0 unspecified atom stereocenters. The van der Waals surface area contributed by atoms with Crippen LogP contribution in [0.2, 0.25) is 0 Å². The number of aliphatic carboxylic acids is 1. The Balaban J connectivity index is 1.71. The zero-order valence-electron chi connectivity index (χ0n) is 15.6. The Bertz CT molecular complexity index is 1080. The number of carboxylic acid groups (broad SMARTS) is 1. The van der Waals surface area contributed by atoms with E-state index in [4.69, 9.17) is 9.84 Å². The summed E-state index contributed by atoms with van der Waals surface area (Å²) in [5.74, 6) is -1.81. The fourth-order valence-electron chi connectivity index (χ4n) is 3.02. The topological polar surface area (TPSA) is 85.6 Å². The van der Waals surface area contributed by atoms with Crippen molar-refractivity contribution in [1.82, 2.24) is 4.57 Å². The summed E-state index contributed by atoms with van der Waals surface area (Å²) in [6, 6.07) is 17.9. The van der Waals surface area contributed by atoms with Crippen molar-refractivity contribution in [2.24, 2.45) is 0 Å². The molecule has 0 saturated carbocycles. The van der Waals surface area contributed by atoms with E-state index in [0.717, 1.165) is 22.6 Å². The van der Waals surface area contributed by atoms with Crippen molar-refractivity contribution in [3.05, 3.63) is 77.6 Å². The maximum Gasteiger partial charge on any atom is 0.319 e. The first-order valence-corrected chi connectivity index (χ1v) is 10.3. The van der Waals surface area contributed by atoms with E-state index >= 15 is 0 Å². The number of hydrogen-bond donors (Lipinski definition) is 1. The molecular weight excluding hydrogens is 378 g/mol. The lowest BCUT2D eigenvalue weighted by atomic mass is 10.2. The predicted octanol–water partition coefficient (Wildman–Crippen LogP) is 3.53. The van der Waals surface area contributed by atoms with E-state index in [1.807, 2.05) is 24.3 Å². The second-order valence-corrected chi connectivity index (χ2v) is 8.52. The van der Waals surface area contributed by atoms with Gasteiger partial charge in [0, 0.05) is 17.1 Å². The fourth-order valence-corrected chi connectivity index (χ4v) is 4.06. The van der Waals surface area contributed by atoms with Crippen LogP contribution in [0, 0.1) is 13.8 Å². The van der Waals surface area contributed by atoms with Crippen LogP contribution in [0.4, 0.5) is 0 Å². The molecule has 1 aromatic heterocycles. The first kappa shape index (κ1) is 19.7. The Morgan fingerprint density at radius 2 is 1.64 bits per heavy atom. The van der Waals surface area contributed by atoms with Gasteiger partial charge in [0.25, 0.3) is 0 Å². The van der Waals surface area contributed by atoms with E-state index in [9.17, 15) is 13.2 Å². The van der Waals surface area contributed by atoms with Gasteiger partial charge >= 0.3 is 5.97 Å². The van der Waals surface area contributed by atoms with Crippen LogP contribution in [0.15, 0.2) is 65.6 Å². The van der Waals surface area contributed by atoms with Gasteiger partial charge in [-0.25, -0.2) is 8.42 Å². The largest absolute Gasteiger partial charge is 0.489 e. The van der Waals surface area contributed by atoms with Crippen LogP contribution >= 0.6 is 0 Å². The quantitative estimate of drug-likeness (QED) is 0.657. The van der Waals surface area contributed by atoms with Crippen LogP contribution in [0.3, 0.4) is 0 Å². The molecule has 0 amide bonds. The third-order valence-corrected chi connectivity index (χ3v) is 5.96. The molecule has 0 radical (unpaired) electrons. The van der Waals surface area contributed by atoms with Crippen molar-refractivity contribution < 1.29 is 23.1 Å². The summed E-state index contributed by atoms with van der Waals surface area (Å²) in [6.45, 7) is 4.43. The lowest BCUT2D eigenvalue weighted by Gasteiger charge is -2.12. The molecular formula is C21H21NO5S. The molecule has 1 N–H and O–H groups in total. The van der Waals surface area contributed by atoms with Crippen molar-refractivity contribution in [1.29, 1.82) is 0 Å². The summed E-state index contributed by atoms with van der Waals surface area (Å²) in [4.78, 5) is 10.6. The molecule has 0 aliphatic carbocycles. The van der Waals surface area contributed by atoms with E-state index in [2.05, 4.69) is 30.5 Å². The van der Waals surface area contributed by atoms with Gasteiger partial charge in [-0.2, -0.15) is 0 Å². The van der Waals surface area contributed by atoms with E-state index in [1.165, 1.54) is 24.3 Å². The summed E-state index contributed by atoms with van der Waals surface area (Å²) in [5, 5.41) is 8.69. The highest BCUT2D eigenvalue weighted by molar-refractivity contribution is 7.92. The zero-order chi connectivity index (χ0) is 20.3. The number of ether oxygens (including phenoxy) is 1. The molecule has 7 heteroatoms. The molecule has 0 bridgehead atoms. The van der Waals surface area contributed by atoms with Gasteiger partial charge in [-0.1, -0.05) is 12.1 Å². The number of rotatable bonds is 7. The maximum atomic E-state index is 11.9. The van der Waals surface area contributed by atoms with Crippen molar-refractivity contribution in [2.75, 3.05) is 5.75 Å². The lowest BCUT2D eigenvalue weighted by molar-refractivity contribution is -0.134. The maximum absolute atomic E-state index is 11.9. The van der Waals surface area contributed by atoms with Gasteiger partial charge in [-0.15, -0.1) is 0 Å². The first-order chi connectivity index (χ1) is 13.3. The Labute approximate surface area is 163 Å². The number of sulfone groups is 1. The van der Waals surface area contributed by atoms with Crippen LogP contribution in [0.5, 0.6) is 5.75 Å². The van der Waals surface area contributed by atoms with Crippen molar-refractivity contribution in [3.8, 4) is 11.4 Å². The summed E-state index contributed by atoms with van der Waals surface area (Å²) in [7, 11) is -3.84. The first-order valence-electron chi connectivity index (χ1n) is 8.68. The second kappa shape index (κ2) is 7.90. The SMILES string of the molecule is Cc1ccc(C)n1-c1cccc(COc2ccc(S(=O)(=O)CC(=O)O)cc2)c1. The Morgan fingerprint density at radius 3 is 2.25 bits per heavy atom. The number of aromatic nitrogens is 1. The summed E-state index contributed by atoms with van der Waals surface area (Å²) < 4.78 is 31.7. The van der Waals surface area contributed by atoms with Gasteiger partial charge < -0.3 is 14.4 Å². The molecule has 0 atom stereocenters. The molecule has 146 valence electrons. The standard InChI is InChI=1S/C21H21NO5S/c1-15-6-7-16(2)22(15)18-5-3-4-17(12-18)13-27-19-8-10-20(11-9-19)28(25,26)14-21(23)24/h3-12H,13-14H2,1-2H3,(H,23,24). The molecule has 0 spiro atoms. The van der Waals surface area contributed by atoms with E-state index in [-0.39, 0.29) is 4.90 Å². The summed E-state index contributed by atoms with van der Waals surface area (Å²) in [6.07, 6.45) is 0. The Morgan fingerprint density at radius 1 is 1.00 bits per heavy atom. The smallest absolute Gasteiger partial charge is 0.319 e. The minimum absolute atomic E-state index is 0.0391. The van der Waals surface area contributed by atoms with Gasteiger partial charge in [-0.3, -0.25) is 4.79 Å². The summed E-state index contributed by atoms with van der Waals surface area (Å²) in [5.41, 5.74) is 4.33. The van der Waals surface area contributed by atoms with Crippen LogP contribution < -0.4 is 4.74 Å². The highest BCUT2D eigenvalue weighted by Gasteiger charge is 2.18. The van der Waals surface area contributed by atoms with E-state index in [1.54, 1.807) is 0 Å². The molecule has 0 aliphatic rings. The molecule has 0 saturated heterocycles. The molecule has 1 heterocycles. The fraction of sp³-hybridized carbons (Fsp3) is 0.190. The van der Waals surface area contributed by atoms with Gasteiger partial charge in [-0.05, 0) is 67.9 Å². The number of carboxylic acids is 1. The minimum atomic E-state index is -3.84. The van der Waals surface area contributed by atoms with Crippen molar-refractivity contribution in [2.45, 2.75) is 25.3 Å². The number of benzene rings is 2. The van der Waals surface area contributed by atoms with Crippen LogP contribution in [0.25, 0.3) is 5.69 Å². The molecule has 2 aromatic carbocycles. The highest BCUT2D eigenvalue weighted by atomic mass is 32.2. The van der Waals surface area contributed by atoms with Crippen molar-refractivity contribution in [3.63, 3.8) is 0 Å². The van der Waals surface area contributed by atoms with Crippen molar-refractivity contribution >= 4 is 15.8 Å². The third-order valence-electron chi connectivity index (χ3n) is 4.34. The normalized spacial score (nSPS) is 11.4. The average molecular weight is 399 g/mol. The van der Waals surface area contributed by atoms with Crippen LogP contribution in [-0.2, 0) is 21.2 Å². The molecule has 28 heavy (non-hydrogen) atoms. The van der Waals surface area contributed by atoms with Gasteiger partial charge in [0.1, 0.15) is 12.4 Å². The number of carbonyl (C=O) groups is 1. The number of nitrogens with zero attached hydrogens (tertiary/aromatic N) is 1. The van der Waals surface area contributed by atoms with Gasteiger partial charge in [0.15, 0.2) is 15.6 Å².